The summed E-state index contributed by atoms with van der Waals surface area (Å²) in [5.74, 6) is -0.247. The van der Waals surface area contributed by atoms with Crippen LogP contribution in [0.4, 0.5) is 0 Å². The third-order valence-electron chi connectivity index (χ3n) is 6.78. The van der Waals surface area contributed by atoms with Crippen LogP contribution in [-0.4, -0.2) is 39.7 Å². The molecule has 1 rings (SSSR count). The van der Waals surface area contributed by atoms with Crippen molar-refractivity contribution in [2.75, 3.05) is 0 Å². The molecule has 1 atom stereocenters. The Labute approximate surface area is 202 Å². The molecule has 6 nitrogen and oxygen atoms in total. The number of amides is 1. The minimum Gasteiger partial charge on any atom is -0.541 e. The number of carbonyl (C=O) groups excluding carboxylic acids is 1. The van der Waals surface area contributed by atoms with Crippen LogP contribution in [0.2, 0.25) is 36.3 Å². The number of hydrogen-bond acceptors (Lipinski definition) is 4. The smallest absolute Gasteiger partial charge is 0.326 e. The van der Waals surface area contributed by atoms with Crippen molar-refractivity contribution in [3.05, 3.63) is 35.9 Å². The van der Waals surface area contributed by atoms with Gasteiger partial charge in [-0.2, -0.15) is 0 Å². The van der Waals surface area contributed by atoms with Crippen LogP contribution in [0.1, 0.15) is 54.0 Å². The average Bonchev–Trinajstić information content (AvgIpc) is 2.60. The normalized spacial score (nSPS) is 13.8. The quantitative estimate of drug-likeness (QED) is 0.319. The molecule has 1 aromatic rings. The zero-order valence-corrected chi connectivity index (χ0v) is 24.3. The highest BCUT2D eigenvalue weighted by Gasteiger charge is 2.42. The van der Waals surface area contributed by atoms with Gasteiger partial charge >= 0.3 is 5.97 Å². The van der Waals surface area contributed by atoms with Gasteiger partial charge in [0, 0.05) is 12.0 Å². The summed E-state index contributed by atoms with van der Waals surface area (Å²) in [5.41, 5.74) is 1.02. The Balaban J connectivity index is 3.43. The van der Waals surface area contributed by atoms with Gasteiger partial charge in [-0.15, -0.1) is 0 Å². The van der Waals surface area contributed by atoms with Gasteiger partial charge < -0.3 is 19.3 Å². The van der Waals surface area contributed by atoms with Crippen molar-refractivity contribution in [3.8, 4) is 11.5 Å². The molecule has 0 aliphatic carbocycles. The molecule has 0 radical (unpaired) electrons. The molecule has 0 aromatic heterocycles. The van der Waals surface area contributed by atoms with Gasteiger partial charge in [-0.3, -0.25) is 4.79 Å². The Hall–Kier alpha value is -2.07. The summed E-state index contributed by atoms with van der Waals surface area (Å²) in [6.07, 6.45) is 0.128. The number of rotatable bonds is 9. The fraction of sp³-hybridized carbons (Fsp3) is 0.600. The average molecular weight is 494 g/mol. The van der Waals surface area contributed by atoms with E-state index >= 15 is 0 Å². The molecule has 33 heavy (non-hydrogen) atoms. The first-order valence-electron chi connectivity index (χ1n) is 11.4. The predicted octanol–water partition coefficient (Wildman–Crippen LogP) is 6.14. The van der Waals surface area contributed by atoms with Gasteiger partial charge in [0.05, 0.1) is 0 Å². The van der Waals surface area contributed by atoms with E-state index in [4.69, 9.17) is 8.85 Å². The van der Waals surface area contributed by atoms with Crippen LogP contribution in [0.15, 0.2) is 30.4 Å². The van der Waals surface area contributed by atoms with E-state index in [2.05, 4.69) is 79.6 Å². The van der Waals surface area contributed by atoms with Gasteiger partial charge in [0.25, 0.3) is 16.6 Å². The highest BCUT2D eigenvalue weighted by molar-refractivity contribution is 6.75. The maximum absolute atomic E-state index is 12.0. The van der Waals surface area contributed by atoms with Gasteiger partial charge in [-0.25, -0.2) is 4.79 Å². The van der Waals surface area contributed by atoms with E-state index in [0.717, 1.165) is 5.56 Å². The molecule has 1 aromatic carbocycles. The minimum absolute atomic E-state index is 0.0150. The van der Waals surface area contributed by atoms with E-state index < -0.39 is 34.6 Å². The number of carboxylic acid groups (broad SMARTS) is 1. The monoisotopic (exact) mass is 493 g/mol. The zero-order valence-electron chi connectivity index (χ0n) is 22.3. The molecular formula is C25H43NO5Si2. The lowest BCUT2D eigenvalue weighted by Gasteiger charge is -2.39. The second kappa shape index (κ2) is 10.1. The maximum Gasteiger partial charge on any atom is 0.326 e. The van der Waals surface area contributed by atoms with Crippen LogP contribution in [0.25, 0.3) is 0 Å². The Morgan fingerprint density at radius 1 is 0.970 bits per heavy atom. The van der Waals surface area contributed by atoms with Gasteiger partial charge in [0.2, 0.25) is 5.91 Å². The molecule has 0 saturated heterocycles. The fourth-order valence-electron chi connectivity index (χ4n) is 2.42. The molecule has 186 valence electrons. The molecule has 0 spiro atoms. The summed E-state index contributed by atoms with van der Waals surface area (Å²) in [6, 6.07) is 4.52. The second-order valence-corrected chi connectivity index (χ2v) is 21.3. The second-order valence-electron chi connectivity index (χ2n) is 11.9. The molecule has 0 aliphatic heterocycles. The van der Waals surface area contributed by atoms with Crippen LogP contribution in [0, 0.1) is 0 Å². The van der Waals surface area contributed by atoms with Crippen molar-refractivity contribution in [2.24, 2.45) is 0 Å². The van der Waals surface area contributed by atoms with Crippen molar-refractivity contribution >= 4 is 28.5 Å². The molecule has 8 heteroatoms. The number of carboxylic acids is 1. The van der Waals surface area contributed by atoms with Crippen molar-refractivity contribution in [2.45, 2.75) is 97.2 Å². The maximum atomic E-state index is 12.0. The van der Waals surface area contributed by atoms with Gasteiger partial charge in [-0.05, 0) is 60.9 Å². The van der Waals surface area contributed by atoms with E-state index in [-0.39, 0.29) is 22.1 Å². The van der Waals surface area contributed by atoms with Crippen LogP contribution >= 0.6 is 0 Å². The lowest BCUT2D eigenvalue weighted by atomic mass is 10.0. The third kappa shape index (κ3) is 7.74. The first kappa shape index (κ1) is 29.0. The highest BCUT2D eigenvalue weighted by atomic mass is 28.4. The summed E-state index contributed by atoms with van der Waals surface area (Å²) >= 11 is 0. The Morgan fingerprint density at radius 2 is 1.42 bits per heavy atom. The zero-order chi connectivity index (χ0) is 26.0. The predicted molar refractivity (Wildman–Crippen MR) is 140 cm³/mol. The molecule has 0 bridgehead atoms. The fourth-order valence-corrected chi connectivity index (χ4v) is 4.46. The summed E-state index contributed by atoms with van der Waals surface area (Å²) in [5, 5.41) is 12.2. The lowest BCUT2D eigenvalue weighted by Crippen LogP contribution is -2.46. The molecular weight excluding hydrogens is 450 g/mol. The van der Waals surface area contributed by atoms with Crippen LogP contribution in [-0.2, 0) is 16.0 Å². The van der Waals surface area contributed by atoms with E-state index in [9.17, 15) is 14.7 Å². The standard InChI is InChI=1S/C25H43NO5Si2/c1-17(2)22(27)26-19(23(28)29)15-18-13-14-20(30-32(9,10)24(3,4)5)21(16-18)31-33(11,12)25(6,7)8/h13-14,16,19H,1,15H2,2-12H3,(H,26,27)(H,28,29)/t19-/m0/s1. The van der Waals surface area contributed by atoms with Crippen molar-refractivity contribution < 1.29 is 23.5 Å². The number of nitrogens with one attached hydrogen (secondary N) is 1. The SMILES string of the molecule is C=C(C)C(=O)N[C@@H](Cc1ccc(O[Si](C)(C)C(C)(C)C)c(O[Si](C)(C)C(C)(C)C)c1)C(=O)O. The van der Waals surface area contributed by atoms with E-state index in [1.165, 1.54) is 0 Å². The van der Waals surface area contributed by atoms with Crippen molar-refractivity contribution in [1.29, 1.82) is 0 Å². The molecule has 0 aliphatic rings. The summed E-state index contributed by atoms with van der Waals surface area (Å²) in [7, 11) is -4.31. The Morgan fingerprint density at radius 3 is 1.82 bits per heavy atom. The Kier molecular flexibility index (Phi) is 8.82. The third-order valence-corrected chi connectivity index (χ3v) is 15.5. The van der Waals surface area contributed by atoms with E-state index in [1.807, 2.05) is 18.2 Å². The van der Waals surface area contributed by atoms with Crippen molar-refractivity contribution in [1.82, 2.24) is 5.32 Å². The molecule has 2 N–H and O–H groups in total. The van der Waals surface area contributed by atoms with Crippen LogP contribution in [0.3, 0.4) is 0 Å². The summed E-state index contributed by atoms with van der Waals surface area (Å²) in [6.45, 7) is 26.9. The topological polar surface area (TPSA) is 84.9 Å². The number of hydrogen-bond donors (Lipinski definition) is 2. The van der Waals surface area contributed by atoms with Crippen LogP contribution < -0.4 is 14.2 Å². The lowest BCUT2D eigenvalue weighted by molar-refractivity contribution is -0.141. The largest absolute Gasteiger partial charge is 0.541 e. The van der Waals surface area contributed by atoms with Gasteiger partial charge in [0.1, 0.15) is 17.5 Å². The van der Waals surface area contributed by atoms with E-state index in [1.54, 1.807) is 6.92 Å². The first-order chi connectivity index (χ1) is 14.7. The van der Waals surface area contributed by atoms with Gasteiger partial charge in [-0.1, -0.05) is 54.2 Å². The molecule has 0 fully saturated rings. The highest BCUT2D eigenvalue weighted by Crippen LogP contribution is 2.43. The number of benzene rings is 1. The van der Waals surface area contributed by atoms with Gasteiger partial charge in [0.15, 0.2) is 0 Å². The minimum atomic E-state index is -2.19. The molecule has 0 saturated carbocycles. The Bertz CT molecular complexity index is 895. The van der Waals surface area contributed by atoms with Crippen molar-refractivity contribution in [3.63, 3.8) is 0 Å². The molecule has 0 unspecified atom stereocenters. The molecule has 1 amide bonds. The van der Waals surface area contributed by atoms with Crippen LogP contribution in [0.5, 0.6) is 11.5 Å². The summed E-state index contributed by atoms with van der Waals surface area (Å²) < 4.78 is 13.2. The number of carbonyl (C=O) groups is 2. The van der Waals surface area contributed by atoms with E-state index in [0.29, 0.717) is 11.5 Å². The first-order valence-corrected chi connectivity index (χ1v) is 17.2. The summed E-state index contributed by atoms with van der Waals surface area (Å²) in [4.78, 5) is 23.8. The number of aliphatic carboxylic acids is 1. The molecule has 0 heterocycles.